The number of aromatic nitrogens is 3. The number of aryl methyl sites for hydroxylation is 1. The third-order valence-corrected chi connectivity index (χ3v) is 7.23. The monoisotopic (exact) mass is 502 g/mol. The normalized spacial score (nSPS) is 21.5. The molecule has 0 amide bonds. The molecule has 8 nitrogen and oxygen atoms in total. The molecule has 2 fully saturated rings. The molecule has 4 heterocycles. The van der Waals surface area contributed by atoms with Gasteiger partial charge in [-0.05, 0) is 42.9 Å². The van der Waals surface area contributed by atoms with Crippen LogP contribution in [0.5, 0.6) is 5.75 Å². The summed E-state index contributed by atoms with van der Waals surface area (Å²) in [7, 11) is 1.60. The Morgan fingerprint density at radius 2 is 2.06 bits per heavy atom. The van der Waals surface area contributed by atoms with Crippen molar-refractivity contribution in [3.8, 4) is 5.75 Å². The van der Waals surface area contributed by atoms with Crippen molar-refractivity contribution in [2.24, 2.45) is 18.9 Å². The molecule has 184 valence electrons. The van der Waals surface area contributed by atoms with E-state index in [9.17, 15) is 13.6 Å². The van der Waals surface area contributed by atoms with Crippen molar-refractivity contribution in [1.29, 1.82) is 0 Å². The van der Waals surface area contributed by atoms with Crippen molar-refractivity contribution in [2.75, 3.05) is 35.2 Å². The molecule has 0 spiro atoms. The fraction of sp³-hybridized carbons (Fsp3) is 0.458. The molecule has 35 heavy (non-hydrogen) atoms. The maximum absolute atomic E-state index is 14.8. The molecule has 1 saturated carbocycles. The number of pyridine rings is 1. The van der Waals surface area contributed by atoms with Crippen molar-refractivity contribution < 1.29 is 13.5 Å². The molecule has 3 aromatic rings. The molecule has 3 aliphatic rings. The topological polar surface area (TPSA) is 84.3 Å². The number of nitrogens with zero attached hydrogens (tertiary/aromatic N) is 4. The highest BCUT2D eigenvalue weighted by Gasteiger charge is 2.51. The van der Waals surface area contributed by atoms with Crippen LogP contribution in [0, 0.1) is 11.8 Å². The Bertz CT molecular complexity index is 1390. The number of rotatable bonds is 4. The molecule has 2 N–H and O–H groups in total. The van der Waals surface area contributed by atoms with Gasteiger partial charge >= 0.3 is 5.92 Å². The van der Waals surface area contributed by atoms with Crippen LogP contribution >= 0.6 is 11.6 Å². The molecule has 1 aliphatic carbocycles. The van der Waals surface area contributed by atoms with Crippen LogP contribution in [-0.2, 0) is 7.05 Å². The number of hydrogen-bond acceptors (Lipinski definition) is 7. The van der Waals surface area contributed by atoms with E-state index >= 15 is 0 Å². The summed E-state index contributed by atoms with van der Waals surface area (Å²) in [5.41, 5.74) is 1.08. The number of hydrogen-bond donors (Lipinski definition) is 2. The van der Waals surface area contributed by atoms with Crippen LogP contribution in [0.1, 0.15) is 19.8 Å². The van der Waals surface area contributed by atoms with Gasteiger partial charge in [-0.1, -0.05) is 18.5 Å². The first kappa shape index (κ1) is 22.3. The molecule has 2 aliphatic heterocycles. The van der Waals surface area contributed by atoms with Crippen LogP contribution in [0.3, 0.4) is 0 Å². The highest BCUT2D eigenvalue weighted by atomic mass is 35.5. The Morgan fingerprint density at radius 1 is 1.29 bits per heavy atom. The van der Waals surface area contributed by atoms with Crippen LogP contribution in [0.2, 0.25) is 5.02 Å². The second-order valence-electron chi connectivity index (χ2n) is 9.81. The van der Waals surface area contributed by atoms with Crippen molar-refractivity contribution in [2.45, 2.75) is 31.7 Å². The molecular formula is C24H25ClF2N6O2. The summed E-state index contributed by atoms with van der Waals surface area (Å²) in [6.45, 7) is 3.10. The van der Waals surface area contributed by atoms with Crippen LogP contribution in [-0.4, -0.2) is 46.2 Å². The van der Waals surface area contributed by atoms with E-state index in [0.29, 0.717) is 45.0 Å². The third kappa shape index (κ3) is 3.84. The zero-order chi connectivity index (χ0) is 24.5. The molecule has 11 heteroatoms. The van der Waals surface area contributed by atoms with Gasteiger partial charge in [0.15, 0.2) is 12.4 Å². The quantitative estimate of drug-likeness (QED) is 0.547. The highest BCUT2D eigenvalue weighted by Crippen LogP contribution is 2.45. The number of alkyl halides is 2. The predicted octanol–water partition coefficient (Wildman–Crippen LogP) is 4.40. The number of nitrogens with one attached hydrogen (secondary N) is 2. The van der Waals surface area contributed by atoms with Crippen LogP contribution < -0.4 is 25.8 Å². The Balaban J connectivity index is 1.41. The van der Waals surface area contributed by atoms with Gasteiger partial charge < -0.3 is 24.8 Å². The highest BCUT2D eigenvalue weighted by molar-refractivity contribution is 6.32. The zero-order valence-corrected chi connectivity index (χ0v) is 20.1. The van der Waals surface area contributed by atoms with Crippen LogP contribution in [0.15, 0.2) is 29.2 Å². The minimum absolute atomic E-state index is 0.0887. The van der Waals surface area contributed by atoms with Gasteiger partial charge in [0.25, 0.3) is 5.56 Å². The lowest BCUT2D eigenvalue weighted by Crippen LogP contribution is -2.46. The van der Waals surface area contributed by atoms with E-state index in [1.54, 1.807) is 31.4 Å². The van der Waals surface area contributed by atoms with Gasteiger partial charge in [-0.3, -0.25) is 4.79 Å². The summed E-state index contributed by atoms with van der Waals surface area (Å²) in [5, 5.41) is 7.17. The van der Waals surface area contributed by atoms with Crippen LogP contribution in [0.4, 0.5) is 31.9 Å². The minimum Gasteiger partial charge on any atom is -0.480 e. The van der Waals surface area contributed by atoms with Gasteiger partial charge in [0.2, 0.25) is 11.7 Å². The van der Waals surface area contributed by atoms with Gasteiger partial charge in [-0.2, -0.15) is 4.98 Å². The SMILES string of the molecule is CC1CN(c2ncc(Cl)c(Nc3ccc4c(c3)c3c(c(=O)n4C)OCC(F)(F)[C@H](C4CC4)N3)n2)C1. The lowest BCUT2D eigenvalue weighted by molar-refractivity contribution is -0.0579. The Labute approximate surface area is 205 Å². The number of benzene rings is 1. The number of fused-ring (bicyclic) bond motifs is 3. The van der Waals surface area contributed by atoms with Gasteiger partial charge in [0.1, 0.15) is 5.02 Å². The largest absolute Gasteiger partial charge is 0.480 e. The standard InChI is InChI=1S/C24H25ClF2N6O2/c1-12-9-33(10-12)23-28-8-16(25)21(31-23)29-14-5-6-17-15(7-14)18-19(22(34)32(17)2)35-11-24(26,27)20(30-18)13-3-4-13/h5-8,12-13,20,30H,3-4,9-11H2,1-2H3,(H,28,29,31)/t20-/m0/s1. The molecule has 0 radical (unpaired) electrons. The van der Waals surface area contributed by atoms with E-state index in [1.165, 1.54) is 4.57 Å². The van der Waals surface area contributed by atoms with Crippen molar-refractivity contribution in [3.63, 3.8) is 0 Å². The molecule has 0 unspecified atom stereocenters. The van der Waals surface area contributed by atoms with E-state index in [4.69, 9.17) is 16.3 Å². The van der Waals surface area contributed by atoms with Gasteiger partial charge in [0.05, 0.1) is 23.4 Å². The van der Waals surface area contributed by atoms with E-state index < -0.39 is 24.1 Å². The number of ether oxygens (including phenoxy) is 1. The lowest BCUT2D eigenvalue weighted by atomic mass is 10.0. The molecule has 1 aromatic carbocycles. The predicted molar refractivity (Wildman–Crippen MR) is 131 cm³/mol. The summed E-state index contributed by atoms with van der Waals surface area (Å²) in [6.07, 6.45) is 3.01. The van der Waals surface area contributed by atoms with Crippen molar-refractivity contribution in [1.82, 2.24) is 14.5 Å². The average molecular weight is 503 g/mol. The summed E-state index contributed by atoms with van der Waals surface area (Å²) >= 11 is 6.37. The fourth-order valence-corrected chi connectivity index (χ4v) is 5.02. The zero-order valence-electron chi connectivity index (χ0n) is 19.3. The number of anilines is 4. The van der Waals surface area contributed by atoms with Crippen molar-refractivity contribution in [3.05, 3.63) is 39.8 Å². The van der Waals surface area contributed by atoms with Crippen LogP contribution in [0.25, 0.3) is 10.9 Å². The van der Waals surface area contributed by atoms with E-state index in [2.05, 4.69) is 32.4 Å². The summed E-state index contributed by atoms with van der Waals surface area (Å²) < 4.78 is 36.5. The Kier molecular flexibility index (Phi) is 5.07. The number of halogens is 3. The second kappa shape index (κ2) is 7.94. The Morgan fingerprint density at radius 3 is 2.77 bits per heavy atom. The average Bonchev–Trinajstić information content (AvgIpc) is 3.64. The molecule has 1 atom stereocenters. The lowest BCUT2D eigenvalue weighted by Gasteiger charge is -2.37. The van der Waals surface area contributed by atoms with E-state index in [-0.39, 0.29) is 11.7 Å². The maximum atomic E-state index is 14.8. The first-order chi connectivity index (χ1) is 16.7. The van der Waals surface area contributed by atoms with E-state index in [0.717, 1.165) is 25.9 Å². The van der Waals surface area contributed by atoms with Gasteiger partial charge in [0, 0.05) is 31.2 Å². The van der Waals surface area contributed by atoms with Gasteiger partial charge in [-0.15, -0.1) is 0 Å². The second-order valence-corrected chi connectivity index (χ2v) is 10.2. The Hall–Kier alpha value is -3.14. The van der Waals surface area contributed by atoms with Gasteiger partial charge in [-0.25, -0.2) is 13.8 Å². The maximum Gasteiger partial charge on any atom is 0.301 e. The first-order valence-corrected chi connectivity index (χ1v) is 12.1. The third-order valence-electron chi connectivity index (χ3n) is 6.95. The first-order valence-electron chi connectivity index (χ1n) is 11.7. The molecular weight excluding hydrogens is 478 g/mol. The van der Waals surface area contributed by atoms with Crippen molar-refractivity contribution >= 4 is 45.6 Å². The smallest absolute Gasteiger partial charge is 0.301 e. The van der Waals surface area contributed by atoms with E-state index in [1.807, 2.05) is 0 Å². The molecule has 1 saturated heterocycles. The molecule has 0 bridgehead atoms. The fourth-order valence-electron chi connectivity index (χ4n) is 4.88. The summed E-state index contributed by atoms with van der Waals surface area (Å²) in [5.74, 6) is -1.70. The molecule has 2 aromatic heterocycles. The summed E-state index contributed by atoms with van der Waals surface area (Å²) in [6, 6.07) is 4.26. The minimum atomic E-state index is -3.09. The molecule has 6 rings (SSSR count). The summed E-state index contributed by atoms with van der Waals surface area (Å²) in [4.78, 5) is 23.9.